The van der Waals surface area contributed by atoms with E-state index in [1.807, 2.05) is 24.3 Å². The molecule has 4 rings (SSSR count). The van der Waals surface area contributed by atoms with Crippen molar-refractivity contribution in [2.24, 2.45) is 0 Å². The Morgan fingerprint density at radius 1 is 0.914 bits per heavy atom. The second-order valence-electron chi connectivity index (χ2n) is 8.37. The molecule has 35 heavy (non-hydrogen) atoms. The molecule has 9 nitrogen and oxygen atoms in total. The van der Waals surface area contributed by atoms with Crippen LogP contribution in [-0.2, 0) is 20.0 Å². The van der Waals surface area contributed by atoms with Gasteiger partial charge in [-0.3, -0.25) is 9.71 Å². The van der Waals surface area contributed by atoms with E-state index in [0.717, 1.165) is 28.6 Å². The third kappa shape index (κ3) is 5.75. The molecule has 0 bridgehead atoms. The van der Waals surface area contributed by atoms with Gasteiger partial charge in [0.1, 0.15) is 11.9 Å². The van der Waals surface area contributed by atoms with Gasteiger partial charge in [0.25, 0.3) is 10.0 Å². The molecule has 0 saturated carbocycles. The number of sulfonamides is 2. The highest BCUT2D eigenvalue weighted by Crippen LogP contribution is 2.31. The van der Waals surface area contributed by atoms with Gasteiger partial charge in [-0.05, 0) is 48.5 Å². The second-order valence-corrected chi connectivity index (χ2v) is 12.2. The first-order chi connectivity index (χ1) is 16.7. The number of nitrogens with zero attached hydrogens (tertiary/aromatic N) is 3. The van der Waals surface area contributed by atoms with E-state index in [4.69, 9.17) is 4.74 Å². The van der Waals surface area contributed by atoms with Crippen molar-refractivity contribution >= 4 is 31.4 Å². The third-order valence-corrected chi connectivity index (χ3v) is 8.99. The van der Waals surface area contributed by atoms with Crippen LogP contribution in [0, 0.1) is 0 Å². The summed E-state index contributed by atoms with van der Waals surface area (Å²) >= 11 is 0. The number of nitrogens with one attached hydrogen (secondary N) is 1. The monoisotopic (exact) mass is 516 g/mol. The van der Waals surface area contributed by atoms with Gasteiger partial charge in [0.05, 0.1) is 27.4 Å². The predicted octanol–water partition coefficient (Wildman–Crippen LogP) is 3.18. The van der Waals surface area contributed by atoms with E-state index in [0.29, 0.717) is 18.8 Å². The molecule has 11 heteroatoms. The quantitative estimate of drug-likeness (QED) is 0.490. The average Bonchev–Trinajstić information content (AvgIpc) is 2.85. The van der Waals surface area contributed by atoms with Gasteiger partial charge in [0.2, 0.25) is 10.0 Å². The Balaban J connectivity index is 1.47. The molecule has 3 aromatic rings. The maximum Gasteiger partial charge on any atom is 0.261 e. The van der Waals surface area contributed by atoms with Gasteiger partial charge in [-0.25, -0.2) is 21.1 Å². The van der Waals surface area contributed by atoms with Gasteiger partial charge in [0, 0.05) is 46.2 Å². The van der Waals surface area contributed by atoms with Gasteiger partial charge >= 0.3 is 0 Å². The predicted molar refractivity (Wildman–Crippen MR) is 135 cm³/mol. The summed E-state index contributed by atoms with van der Waals surface area (Å²) in [6.07, 6.45) is 5.04. The van der Waals surface area contributed by atoms with E-state index < -0.39 is 20.0 Å². The van der Waals surface area contributed by atoms with Crippen LogP contribution in [0.1, 0.15) is 12.8 Å². The molecule has 0 aliphatic carbocycles. The zero-order valence-corrected chi connectivity index (χ0v) is 21.2. The third-order valence-electron chi connectivity index (χ3n) is 5.78. The normalized spacial score (nSPS) is 15.2. The van der Waals surface area contributed by atoms with Gasteiger partial charge in [0.15, 0.2) is 0 Å². The lowest BCUT2D eigenvalue weighted by molar-refractivity contribution is 0.170. The molecule has 2 heterocycles. The van der Waals surface area contributed by atoms with E-state index in [2.05, 4.69) is 14.6 Å². The number of aromatic nitrogens is 1. The lowest BCUT2D eigenvalue weighted by Gasteiger charge is -2.34. The molecular weight excluding hydrogens is 488 g/mol. The van der Waals surface area contributed by atoms with Crippen molar-refractivity contribution in [1.82, 2.24) is 9.29 Å². The van der Waals surface area contributed by atoms with Crippen LogP contribution >= 0.6 is 0 Å². The number of benzene rings is 2. The summed E-state index contributed by atoms with van der Waals surface area (Å²) in [5.41, 5.74) is 1.24. The molecule has 0 amide bonds. The molecule has 1 aliphatic rings. The molecule has 1 aliphatic heterocycles. The number of anilines is 2. The van der Waals surface area contributed by atoms with Crippen LogP contribution in [0.2, 0.25) is 0 Å². The lowest BCUT2D eigenvalue weighted by Crippen LogP contribution is -2.38. The number of pyridine rings is 1. The smallest absolute Gasteiger partial charge is 0.261 e. The first kappa shape index (κ1) is 25.0. The molecule has 2 aromatic carbocycles. The Morgan fingerprint density at radius 2 is 1.57 bits per heavy atom. The summed E-state index contributed by atoms with van der Waals surface area (Å²) in [7, 11) is -4.73. The average molecular weight is 517 g/mol. The van der Waals surface area contributed by atoms with Crippen molar-refractivity contribution in [3.05, 3.63) is 73.1 Å². The summed E-state index contributed by atoms with van der Waals surface area (Å²) in [4.78, 5) is 6.21. The minimum atomic E-state index is -3.93. The zero-order chi connectivity index (χ0) is 25.1. The van der Waals surface area contributed by atoms with Crippen LogP contribution in [0.15, 0.2) is 82.8 Å². The zero-order valence-electron chi connectivity index (χ0n) is 19.5. The first-order valence-corrected chi connectivity index (χ1v) is 14.1. The van der Waals surface area contributed by atoms with Crippen LogP contribution < -0.4 is 14.4 Å². The Morgan fingerprint density at radius 3 is 2.20 bits per heavy atom. The Bertz CT molecular complexity index is 1350. The highest BCUT2D eigenvalue weighted by atomic mass is 32.2. The Kier molecular flexibility index (Phi) is 7.29. The number of ether oxygens (including phenoxy) is 1. The Hall–Kier alpha value is -3.15. The number of hydrogen-bond donors (Lipinski definition) is 1. The van der Waals surface area contributed by atoms with Gasteiger partial charge in [-0.1, -0.05) is 12.1 Å². The summed E-state index contributed by atoms with van der Waals surface area (Å²) in [5.74, 6) is 0.739. The molecule has 1 saturated heterocycles. The van der Waals surface area contributed by atoms with Crippen LogP contribution in [0.5, 0.6) is 5.75 Å². The molecule has 0 unspecified atom stereocenters. The summed E-state index contributed by atoms with van der Waals surface area (Å²) in [6, 6.07) is 16.1. The van der Waals surface area contributed by atoms with E-state index in [-0.39, 0.29) is 15.9 Å². The van der Waals surface area contributed by atoms with Crippen molar-refractivity contribution in [2.45, 2.75) is 28.7 Å². The molecule has 1 fully saturated rings. The minimum absolute atomic E-state index is 0.0198. The van der Waals surface area contributed by atoms with Crippen molar-refractivity contribution in [2.75, 3.05) is 36.8 Å². The number of para-hydroxylation sites is 2. The number of hydrogen-bond acceptors (Lipinski definition) is 7. The lowest BCUT2D eigenvalue weighted by atomic mass is 10.1. The van der Waals surface area contributed by atoms with Crippen LogP contribution in [0.3, 0.4) is 0 Å². The summed E-state index contributed by atoms with van der Waals surface area (Å²) in [5, 5.41) is 0. The SMILES string of the molecule is CN(C)S(=O)(=O)c1ccc(S(=O)(=O)Nc2ccccc2N2CCC(Oc3cccnc3)CC2)cc1. The van der Waals surface area contributed by atoms with Gasteiger partial charge in [-0.2, -0.15) is 0 Å². The molecule has 0 atom stereocenters. The van der Waals surface area contributed by atoms with E-state index in [1.165, 1.54) is 38.4 Å². The highest BCUT2D eigenvalue weighted by Gasteiger charge is 2.25. The van der Waals surface area contributed by atoms with Crippen molar-refractivity contribution < 1.29 is 21.6 Å². The molecular formula is C24H28N4O5S2. The standard InChI is InChI=1S/C24H28N4O5S2/c1-27(2)35(31,32)22-11-9-21(10-12-22)34(29,30)26-23-7-3-4-8-24(23)28-16-13-19(14-17-28)33-20-6-5-15-25-18-20/h3-12,15,18-19,26H,13-14,16-17H2,1-2H3. The van der Waals surface area contributed by atoms with E-state index >= 15 is 0 Å². The maximum absolute atomic E-state index is 13.1. The van der Waals surface area contributed by atoms with E-state index in [1.54, 1.807) is 24.5 Å². The molecule has 0 radical (unpaired) electrons. The molecule has 0 spiro atoms. The fraction of sp³-hybridized carbons (Fsp3) is 0.292. The van der Waals surface area contributed by atoms with Crippen molar-refractivity contribution in [3.8, 4) is 5.75 Å². The van der Waals surface area contributed by atoms with Crippen molar-refractivity contribution in [1.29, 1.82) is 0 Å². The maximum atomic E-state index is 13.1. The second kappa shape index (κ2) is 10.2. The van der Waals surface area contributed by atoms with Gasteiger partial charge in [-0.15, -0.1) is 0 Å². The number of piperidine rings is 1. The molecule has 1 aromatic heterocycles. The topological polar surface area (TPSA) is 109 Å². The minimum Gasteiger partial charge on any atom is -0.489 e. The summed E-state index contributed by atoms with van der Waals surface area (Å²) < 4.78 is 60.4. The fourth-order valence-corrected chi connectivity index (χ4v) is 5.84. The van der Waals surface area contributed by atoms with Crippen molar-refractivity contribution in [3.63, 3.8) is 0 Å². The summed E-state index contributed by atoms with van der Waals surface area (Å²) in [6.45, 7) is 1.42. The number of rotatable bonds is 8. The van der Waals surface area contributed by atoms with E-state index in [9.17, 15) is 16.8 Å². The molecule has 186 valence electrons. The fourth-order valence-electron chi connectivity index (χ4n) is 3.86. The van der Waals surface area contributed by atoms with Crippen LogP contribution in [0.25, 0.3) is 0 Å². The highest BCUT2D eigenvalue weighted by molar-refractivity contribution is 7.92. The Labute approximate surface area is 206 Å². The largest absolute Gasteiger partial charge is 0.489 e. The first-order valence-electron chi connectivity index (χ1n) is 11.1. The van der Waals surface area contributed by atoms with Crippen LogP contribution in [-0.4, -0.2) is 59.4 Å². The van der Waals surface area contributed by atoms with Gasteiger partial charge < -0.3 is 9.64 Å². The van der Waals surface area contributed by atoms with Crippen LogP contribution in [0.4, 0.5) is 11.4 Å². The molecule has 1 N–H and O–H groups in total.